The Morgan fingerprint density at radius 1 is 1.38 bits per heavy atom. The molecule has 3 rings (SSSR count). The Kier molecular flexibility index (Phi) is 6.35. The number of nitrogens with zero attached hydrogens (tertiary/aromatic N) is 2. The van der Waals surface area contributed by atoms with Crippen molar-refractivity contribution < 1.29 is 27.5 Å². The molecule has 2 aromatic rings. The molecule has 1 aliphatic carbocycles. The van der Waals surface area contributed by atoms with E-state index in [9.17, 15) is 22.8 Å². The fraction of sp³-hybridized carbons (Fsp3) is 0.368. The van der Waals surface area contributed by atoms with Gasteiger partial charge in [0, 0.05) is 25.9 Å². The first kappa shape index (κ1) is 21.4. The van der Waals surface area contributed by atoms with E-state index in [1.807, 2.05) is 0 Å². The van der Waals surface area contributed by atoms with Crippen LogP contribution in [0, 0.1) is 5.82 Å². The maximum absolute atomic E-state index is 13.1. The van der Waals surface area contributed by atoms with E-state index >= 15 is 0 Å². The van der Waals surface area contributed by atoms with Gasteiger partial charge in [-0.1, -0.05) is 17.3 Å². The van der Waals surface area contributed by atoms with Crippen LogP contribution in [-0.4, -0.2) is 49.3 Å². The van der Waals surface area contributed by atoms with Crippen LogP contribution < -0.4 is 0 Å². The first-order valence-electron chi connectivity index (χ1n) is 8.94. The summed E-state index contributed by atoms with van der Waals surface area (Å²) in [5.74, 6) is -0.836. The lowest BCUT2D eigenvalue weighted by molar-refractivity contribution is -0.143. The number of oxime groups is 1. The zero-order valence-corrected chi connectivity index (χ0v) is 17.6. The predicted octanol–water partition coefficient (Wildman–Crippen LogP) is 2.81. The van der Waals surface area contributed by atoms with Gasteiger partial charge in [-0.05, 0) is 42.5 Å². The van der Waals surface area contributed by atoms with Crippen LogP contribution in [0.4, 0.5) is 4.39 Å². The molecule has 1 aromatic carbocycles. The quantitative estimate of drug-likeness (QED) is 0.423. The number of carbonyl (C=O) groups is 1. The van der Waals surface area contributed by atoms with Gasteiger partial charge in [0.25, 0.3) is 0 Å². The SMILES string of the molecule is CC(=O)OC1CCc2c(S(=O)(=O)N(C)CCc3ccc(F)cc3)csc2/C1=N\O. The lowest BCUT2D eigenvalue weighted by Gasteiger charge is -2.24. The van der Waals surface area contributed by atoms with Crippen molar-refractivity contribution in [3.63, 3.8) is 0 Å². The van der Waals surface area contributed by atoms with E-state index in [1.165, 1.54) is 35.8 Å². The van der Waals surface area contributed by atoms with Gasteiger partial charge in [-0.3, -0.25) is 4.79 Å². The van der Waals surface area contributed by atoms with Crippen molar-refractivity contribution in [3.05, 3.63) is 51.5 Å². The van der Waals surface area contributed by atoms with Gasteiger partial charge in [-0.25, -0.2) is 17.1 Å². The molecule has 0 bridgehead atoms. The van der Waals surface area contributed by atoms with Gasteiger partial charge in [0.05, 0.1) is 9.77 Å². The number of ether oxygens (including phenoxy) is 1. The average Bonchev–Trinajstić information content (AvgIpc) is 3.11. The molecular formula is C19H21FN2O5S2. The van der Waals surface area contributed by atoms with E-state index in [2.05, 4.69) is 5.16 Å². The Hall–Kier alpha value is -2.30. The van der Waals surface area contributed by atoms with Gasteiger partial charge < -0.3 is 9.94 Å². The molecule has 1 N–H and O–H groups in total. The molecule has 7 nitrogen and oxygen atoms in total. The van der Waals surface area contributed by atoms with Crippen molar-refractivity contribution in [3.8, 4) is 0 Å². The third-order valence-electron chi connectivity index (χ3n) is 4.78. The van der Waals surface area contributed by atoms with Crippen LogP contribution in [0.15, 0.2) is 39.7 Å². The lowest BCUT2D eigenvalue weighted by Crippen LogP contribution is -2.33. The first-order chi connectivity index (χ1) is 13.7. The summed E-state index contributed by atoms with van der Waals surface area (Å²) < 4.78 is 45.6. The second kappa shape index (κ2) is 8.60. The van der Waals surface area contributed by atoms with Gasteiger partial charge in [-0.2, -0.15) is 0 Å². The summed E-state index contributed by atoms with van der Waals surface area (Å²) in [5, 5.41) is 14.2. The predicted molar refractivity (Wildman–Crippen MR) is 106 cm³/mol. The Balaban J connectivity index is 1.81. The van der Waals surface area contributed by atoms with Gasteiger partial charge in [0.1, 0.15) is 17.6 Å². The monoisotopic (exact) mass is 440 g/mol. The largest absolute Gasteiger partial charge is 0.456 e. The number of likely N-dealkylation sites (N-methyl/N-ethyl adjacent to an activating group) is 1. The Morgan fingerprint density at radius 2 is 2.07 bits per heavy atom. The second-order valence-electron chi connectivity index (χ2n) is 6.73. The molecule has 1 unspecified atom stereocenters. The number of halogens is 1. The number of benzene rings is 1. The normalized spacial score (nSPS) is 18.1. The molecule has 0 radical (unpaired) electrons. The molecule has 10 heteroatoms. The minimum atomic E-state index is -3.76. The molecule has 0 fully saturated rings. The van der Waals surface area contributed by atoms with Crippen LogP contribution in [0.25, 0.3) is 0 Å². The fourth-order valence-corrected chi connectivity index (χ4v) is 6.14. The molecule has 1 heterocycles. The topological polar surface area (TPSA) is 96.3 Å². The summed E-state index contributed by atoms with van der Waals surface area (Å²) in [4.78, 5) is 11.9. The number of fused-ring (bicyclic) bond motifs is 1. The lowest BCUT2D eigenvalue weighted by atomic mass is 9.95. The highest BCUT2D eigenvalue weighted by atomic mass is 32.2. The van der Waals surface area contributed by atoms with Gasteiger partial charge >= 0.3 is 5.97 Å². The Bertz CT molecular complexity index is 1030. The molecule has 1 atom stereocenters. The Morgan fingerprint density at radius 3 is 2.69 bits per heavy atom. The van der Waals surface area contributed by atoms with Crippen molar-refractivity contribution in [2.75, 3.05) is 13.6 Å². The van der Waals surface area contributed by atoms with Gasteiger partial charge in [0.2, 0.25) is 10.0 Å². The maximum Gasteiger partial charge on any atom is 0.303 e. The highest BCUT2D eigenvalue weighted by Crippen LogP contribution is 2.35. The molecule has 1 aliphatic rings. The summed E-state index contributed by atoms with van der Waals surface area (Å²) in [6, 6.07) is 5.94. The highest BCUT2D eigenvalue weighted by Gasteiger charge is 2.35. The minimum absolute atomic E-state index is 0.168. The van der Waals surface area contributed by atoms with Crippen LogP contribution in [0.1, 0.15) is 29.3 Å². The van der Waals surface area contributed by atoms with E-state index in [4.69, 9.17) is 4.74 Å². The average molecular weight is 441 g/mol. The summed E-state index contributed by atoms with van der Waals surface area (Å²) in [6.45, 7) is 1.50. The van der Waals surface area contributed by atoms with Gasteiger partial charge in [0.15, 0.2) is 0 Å². The highest BCUT2D eigenvalue weighted by molar-refractivity contribution is 7.89. The molecular weight excluding hydrogens is 419 g/mol. The second-order valence-corrected chi connectivity index (χ2v) is 9.63. The van der Waals surface area contributed by atoms with Crippen molar-refractivity contribution in [1.29, 1.82) is 0 Å². The van der Waals surface area contributed by atoms with E-state index in [1.54, 1.807) is 12.1 Å². The summed E-state index contributed by atoms with van der Waals surface area (Å²) in [5.41, 5.74) is 1.57. The molecule has 0 amide bonds. The molecule has 0 saturated heterocycles. The number of rotatable bonds is 6. The van der Waals surface area contributed by atoms with Crippen LogP contribution in [-0.2, 0) is 32.4 Å². The number of carbonyl (C=O) groups excluding carboxylic acids is 1. The van der Waals surface area contributed by atoms with Crippen molar-refractivity contribution in [1.82, 2.24) is 4.31 Å². The molecule has 0 saturated carbocycles. The van der Waals surface area contributed by atoms with Gasteiger partial charge in [-0.15, -0.1) is 11.3 Å². The van der Waals surface area contributed by atoms with Crippen LogP contribution in [0.5, 0.6) is 0 Å². The number of sulfonamides is 1. The molecule has 29 heavy (non-hydrogen) atoms. The molecule has 1 aromatic heterocycles. The van der Waals surface area contributed by atoms with Crippen LogP contribution in [0.2, 0.25) is 0 Å². The number of hydrogen-bond donors (Lipinski definition) is 1. The zero-order chi connectivity index (χ0) is 21.2. The van der Waals surface area contributed by atoms with E-state index < -0.39 is 22.1 Å². The third-order valence-corrected chi connectivity index (χ3v) is 7.90. The number of esters is 1. The van der Waals surface area contributed by atoms with E-state index in [0.717, 1.165) is 16.9 Å². The fourth-order valence-electron chi connectivity index (χ4n) is 3.24. The number of thiophene rings is 1. The molecule has 156 valence electrons. The van der Waals surface area contributed by atoms with Crippen molar-refractivity contribution in [2.45, 2.75) is 37.2 Å². The minimum Gasteiger partial charge on any atom is -0.456 e. The number of hydrogen-bond acceptors (Lipinski definition) is 7. The summed E-state index contributed by atoms with van der Waals surface area (Å²) in [6.07, 6.45) is 0.469. The van der Waals surface area contributed by atoms with E-state index in [-0.39, 0.29) is 23.0 Å². The zero-order valence-electron chi connectivity index (χ0n) is 16.0. The van der Waals surface area contributed by atoms with Crippen LogP contribution >= 0.6 is 11.3 Å². The van der Waals surface area contributed by atoms with Crippen LogP contribution in [0.3, 0.4) is 0 Å². The van der Waals surface area contributed by atoms with E-state index in [0.29, 0.717) is 29.7 Å². The molecule has 0 aliphatic heterocycles. The smallest absolute Gasteiger partial charge is 0.303 e. The van der Waals surface area contributed by atoms with Crippen molar-refractivity contribution in [2.24, 2.45) is 5.16 Å². The molecule has 0 spiro atoms. The standard InChI is InChI=1S/C19H21FN2O5S2/c1-12(23)27-16-8-7-15-17(11-28-19(15)18(16)21-24)29(25,26)22(2)10-9-13-3-5-14(20)6-4-13/h3-6,11,16,24H,7-10H2,1-2H3/b21-18-. The maximum atomic E-state index is 13.1. The Labute approximate surface area is 172 Å². The summed E-state index contributed by atoms with van der Waals surface area (Å²) >= 11 is 1.15. The first-order valence-corrected chi connectivity index (χ1v) is 11.3. The van der Waals surface area contributed by atoms with Crippen molar-refractivity contribution >= 4 is 33.0 Å². The summed E-state index contributed by atoms with van der Waals surface area (Å²) in [7, 11) is -2.27. The third kappa shape index (κ3) is 4.49.